The zero-order chi connectivity index (χ0) is 28.5. The number of benzene rings is 1. The van der Waals surface area contributed by atoms with Gasteiger partial charge in [0.2, 0.25) is 17.7 Å². The average Bonchev–Trinajstić information content (AvgIpc) is 2.87. The number of amides is 3. The molecule has 0 aliphatic heterocycles. The molecule has 0 aliphatic carbocycles. The summed E-state index contributed by atoms with van der Waals surface area (Å²) in [4.78, 5) is 61.6. The monoisotopic (exact) mass is 536 g/mol. The van der Waals surface area contributed by atoms with E-state index in [0.717, 1.165) is 5.56 Å². The van der Waals surface area contributed by atoms with Gasteiger partial charge < -0.3 is 43.4 Å². The molecule has 13 heteroatoms. The Morgan fingerprint density at radius 3 is 1.74 bits per heavy atom. The summed E-state index contributed by atoms with van der Waals surface area (Å²) in [6.45, 7) is 0.722. The number of unbranched alkanes of at least 4 members (excludes halogenated alkanes) is 2. The van der Waals surface area contributed by atoms with Crippen molar-refractivity contribution in [1.82, 2.24) is 16.0 Å². The number of nitrogens with two attached hydrogens (primary N) is 3. The number of aliphatic carboxylic acids is 2. The molecule has 0 saturated carbocycles. The first-order valence-corrected chi connectivity index (χ1v) is 12.6. The van der Waals surface area contributed by atoms with Gasteiger partial charge in [0, 0.05) is 0 Å². The highest BCUT2D eigenvalue weighted by atomic mass is 16.4. The molecule has 38 heavy (non-hydrogen) atoms. The lowest BCUT2D eigenvalue weighted by atomic mass is 10.0. The van der Waals surface area contributed by atoms with Gasteiger partial charge >= 0.3 is 11.9 Å². The molecule has 0 heterocycles. The van der Waals surface area contributed by atoms with Crippen LogP contribution < -0.4 is 33.2 Å². The van der Waals surface area contributed by atoms with Crippen LogP contribution in [0.1, 0.15) is 50.5 Å². The molecule has 1 rings (SSSR count). The Morgan fingerprint density at radius 2 is 1.21 bits per heavy atom. The van der Waals surface area contributed by atoms with Gasteiger partial charge in [-0.05, 0) is 63.6 Å². The summed E-state index contributed by atoms with van der Waals surface area (Å²) in [6.07, 6.45) is 1.75. The standard InChI is InChI=1S/C25H40N6O7/c26-12-6-4-10-18(23(35)30-19(25(37)38)11-5-7-13-27)29-24(36)20(15-21(32)33)31-22(34)17(28)14-16-8-2-1-3-9-16/h1-3,8-9,17-20H,4-7,10-15,26-28H2,(H,29,36)(H,30,35)(H,31,34)(H,32,33)(H,37,38). The van der Waals surface area contributed by atoms with Crippen molar-refractivity contribution in [3.8, 4) is 0 Å². The molecule has 4 atom stereocenters. The number of hydrogen-bond acceptors (Lipinski definition) is 8. The highest BCUT2D eigenvalue weighted by Gasteiger charge is 2.31. The van der Waals surface area contributed by atoms with Crippen molar-refractivity contribution in [3.63, 3.8) is 0 Å². The zero-order valence-corrected chi connectivity index (χ0v) is 21.4. The number of nitrogens with one attached hydrogen (secondary N) is 3. The van der Waals surface area contributed by atoms with Crippen molar-refractivity contribution in [1.29, 1.82) is 0 Å². The summed E-state index contributed by atoms with van der Waals surface area (Å²) < 4.78 is 0. The second-order valence-corrected chi connectivity index (χ2v) is 8.98. The van der Waals surface area contributed by atoms with Gasteiger partial charge in [-0.3, -0.25) is 19.2 Å². The van der Waals surface area contributed by atoms with E-state index in [-0.39, 0.29) is 19.3 Å². The summed E-state index contributed by atoms with van der Waals surface area (Å²) in [5.41, 5.74) is 17.7. The highest BCUT2D eigenvalue weighted by molar-refractivity contribution is 5.95. The smallest absolute Gasteiger partial charge is 0.326 e. The third kappa shape index (κ3) is 12.6. The Bertz CT molecular complexity index is 915. The molecule has 1 aromatic carbocycles. The van der Waals surface area contributed by atoms with Crippen molar-refractivity contribution in [2.75, 3.05) is 13.1 Å². The van der Waals surface area contributed by atoms with Crippen molar-refractivity contribution >= 4 is 29.7 Å². The predicted octanol–water partition coefficient (Wildman–Crippen LogP) is -1.17. The van der Waals surface area contributed by atoms with Crippen LogP contribution in [-0.2, 0) is 30.4 Å². The predicted molar refractivity (Wildman–Crippen MR) is 140 cm³/mol. The number of carboxylic acid groups (broad SMARTS) is 2. The summed E-state index contributed by atoms with van der Waals surface area (Å²) in [5, 5.41) is 26.0. The topological polar surface area (TPSA) is 240 Å². The fourth-order valence-corrected chi connectivity index (χ4v) is 3.68. The van der Waals surface area contributed by atoms with Gasteiger partial charge in [0.1, 0.15) is 18.1 Å². The van der Waals surface area contributed by atoms with E-state index in [1.807, 2.05) is 0 Å². The van der Waals surface area contributed by atoms with Gasteiger partial charge in [0.15, 0.2) is 0 Å². The van der Waals surface area contributed by atoms with Crippen LogP contribution in [0.5, 0.6) is 0 Å². The van der Waals surface area contributed by atoms with E-state index in [1.165, 1.54) is 0 Å². The Hall–Kier alpha value is -3.55. The van der Waals surface area contributed by atoms with Crippen LogP contribution in [0.4, 0.5) is 0 Å². The number of rotatable bonds is 19. The Balaban J connectivity index is 2.95. The van der Waals surface area contributed by atoms with E-state index in [9.17, 15) is 34.2 Å². The molecular weight excluding hydrogens is 496 g/mol. The van der Waals surface area contributed by atoms with Crippen molar-refractivity contribution in [3.05, 3.63) is 35.9 Å². The molecule has 212 valence electrons. The van der Waals surface area contributed by atoms with E-state index in [4.69, 9.17) is 17.2 Å². The minimum atomic E-state index is -1.51. The number of carboxylic acids is 2. The van der Waals surface area contributed by atoms with E-state index in [1.54, 1.807) is 30.3 Å². The summed E-state index contributed by atoms with van der Waals surface area (Å²) in [7, 11) is 0. The number of carbonyl (C=O) groups is 5. The van der Waals surface area contributed by atoms with E-state index in [0.29, 0.717) is 38.8 Å². The van der Waals surface area contributed by atoms with Crippen LogP contribution in [0.25, 0.3) is 0 Å². The first-order valence-electron chi connectivity index (χ1n) is 12.6. The molecule has 13 nitrogen and oxygen atoms in total. The SMILES string of the molecule is NCCCCC(NC(=O)C(CCCCN)NC(=O)C(CC(=O)O)NC(=O)C(N)Cc1ccccc1)C(=O)O. The Labute approximate surface area is 221 Å². The Morgan fingerprint density at radius 1 is 0.711 bits per heavy atom. The molecule has 0 aromatic heterocycles. The van der Waals surface area contributed by atoms with Crippen LogP contribution in [0.15, 0.2) is 30.3 Å². The lowest BCUT2D eigenvalue weighted by molar-refractivity contribution is -0.143. The van der Waals surface area contributed by atoms with Gasteiger partial charge in [-0.1, -0.05) is 30.3 Å². The minimum absolute atomic E-state index is 0.130. The van der Waals surface area contributed by atoms with Crippen LogP contribution in [-0.4, -0.2) is 77.1 Å². The molecule has 4 unspecified atom stereocenters. The number of carbonyl (C=O) groups excluding carboxylic acids is 3. The fraction of sp³-hybridized carbons (Fsp3) is 0.560. The molecule has 0 saturated heterocycles. The lowest BCUT2D eigenvalue weighted by Gasteiger charge is -2.25. The summed E-state index contributed by atoms with van der Waals surface area (Å²) in [5.74, 6) is -4.96. The Kier molecular flexibility index (Phi) is 15.2. The normalized spacial score (nSPS) is 14.0. The van der Waals surface area contributed by atoms with Crippen LogP contribution >= 0.6 is 0 Å². The molecule has 11 N–H and O–H groups in total. The first-order chi connectivity index (χ1) is 18.1. The molecule has 0 bridgehead atoms. The zero-order valence-electron chi connectivity index (χ0n) is 21.4. The van der Waals surface area contributed by atoms with Crippen molar-refractivity contribution in [2.24, 2.45) is 17.2 Å². The summed E-state index contributed by atoms with van der Waals surface area (Å²) >= 11 is 0. The third-order valence-corrected chi connectivity index (χ3v) is 5.79. The molecule has 0 radical (unpaired) electrons. The third-order valence-electron chi connectivity index (χ3n) is 5.79. The average molecular weight is 537 g/mol. The first kappa shape index (κ1) is 32.5. The van der Waals surface area contributed by atoms with E-state index >= 15 is 0 Å². The number of hydrogen-bond donors (Lipinski definition) is 8. The highest BCUT2D eigenvalue weighted by Crippen LogP contribution is 2.07. The van der Waals surface area contributed by atoms with Crippen LogP contribution in [0, 0.1) is 0 Å². The van der Waals surface area contributed by atoms with Gasteiger partial charge in [0.25, 0.3) is 0 Å². The van der Waals surface area contributed by atoms with Crippen molar-refractivity contribution < 1.29 is 34.2 Å². The second kappa shape index (κ2) is 17.8. The summed E-state index contributed by atoms with van der Waals surface area (Å²) in [6, 6.07) is 4.01. The molecule has 0 spiro atoms. The maximum atomic E-state index is 13.0. The van der Waals surface area contributed by atoms with Gasteiger partial charge in [-0.25, -0.2) is 4.79 Å². The van der Waals surface area contributed by atoms with E-state index < -0.39 is 60.2 Å². The van der Waals surface area contributed by atoms with E-state index in [2.05, 4.69) is 16.0 Å². The maximum Gasteiger partial charge on any atom is 0.326 e. The largest absolute Gasteiger partial charge is 0.481 e. The minimum Gasteiger partial charge on any atom is -0.481 e. The van der Waals surface area contributed by atoms with Crippen LogP contribution in [0.2, 0.25) is 0 Å². The van der Waals surface area contributed by atoms with Gasteiger partial charge in [0.05, 0.1) is 12.5 Å². The molecule has 0 aliphatic rings. The molecule has 1 aromatic rings. The molecule has 0 fully saturated rings. The van der Waals surface area contributed by atoms with Gasteiger partial charge in [-0.2, -0.15) is 0 Å². The van der Waals surface area contributed by atoms with Crippen LogP contribution in [0.3, 0.4) is 0 Å². The second-order valence-electron chi connectivity index (χ2n) is 8.98. The van der Waals surface area contributed by atoms with Gasteiger partial charge in [-0.15, -0.1) is 0 Å². The quantitative estimate of drug-likeness (QED) is 0.0985. The maximum absolute atomic E-state index is 13.0. The fourth-order valence-electron chi connectivity index (χ4n) is 3.68. The lowest BCUT2D eigenvalue weighted by Crippen LogP contribution is -2.57. The molecule has 3 amide bonds. The van der Waals surface area contributed by atoms with Crippen molar-refractivity contribution in [2.45, 2.75) is 75.5 Å². The molecular formula is C25H40N6O7.